The van der Waals surface area contributed by atoms with Crippen molar-refractivity contribution < 1.29 is 4.79 Å². The number of aryl methyl sites for hydroxylation is 1. The lowest BCUT2D eigenvalue weighted by Crippen LogP contribution is -2.06. The first kappa shape index (κ1) is 21.1. The van der Waals surface area contributed by atoms with E-state index in [1.54, 1.807) is 28.7 Å². The zero-order valence-electron chi connectivity index (χ0n) is 17.6. The Labute approximate surface area is 187 Å². The van der Waals surface area contributed by atoms with Crippen LogP contribution in [0, 0.1) is 0 Å². The molecule has 0 spiro atoms. The number of unbranched alkanes of at least 4 members (excludes halogenated alkanes) is 2. The van der Waals surface area contributed by atoms with Crippen LogP contribution in [0.4, 0.5) is 0 Å². The Bertz CT molecular complexity index is 1060. The Morgan fingerprint density at radius 2 is 1.68 bits per heavy atom. The van der Waals surface area contributed by atoms with Gasteiger partial charge in [0.1, 0.15) is 0 Å². The van der Waals surface area contributed by atoms with Crippen LogP contribution in [0.3, 0.4) is 0 Å². The van der Waals surface area contributed by atoms with Crippen molar-refractivity contribution in [2.45, 2.75) is 30.8 Å². The molecule has 0 amide bonds. The first-order chi connectivity index (χ1) is 15.2. The fourth-order valence-corrected chi connectivity index (χ4v) is 4.39. The van der Waals surface area contributed by atoms with Crippen LogP contribution in [-0.4, -0.2) is 31.1 Å². The van der Waals surface area contributed by atoms with E-state index in [0.717, 1.165) is 52.7 Å². The number of thioether (sulfide) groups is 1. The quantitative estimate of drug-likeness (QED) is 0.190. The molecule has 1 N–H and O–H groups in total. The first-order valence-electron chi connectivity index (χ1n) is 10.6. The average molecular weight is 431 g/mol. The third-order valence-electron chi connectivity index (χ3n) is 5.15. The van der Waals surface area contributed by atoms with Gasteiger partial charge >= 0.3 is 0 Å². The highest BCUT2D eigenvalue weighted by molar-refractivity contribution is 7.99. The number of benzene rings is 2. The standard InChI is InChI=1S/C25H26N4OS/c1-29-17-16-26-24(29)21(30)15-9-4-10-18-31-25-27-22(19-11-5-2-6-12-19)23(28-25)20-13-7-3-8-14-20/h2-3,5-8,11-14,16-17H,4,9-10,15,18H2,1H3,(H,27,28). The van der Waals surface area contributed by atoms with E-state index in [-0.39, 0.29) is 5.78 Å². The number of hydrogen-bond donors (Lipinski definition) is 1. The third-order valence-corrected chi connectivity index (χ3v) is 6.11. The second kappa shape index (κ2) is 10.3. The number of carbonyl (C=O) groups excluding carboxylic acids is 1. The van der Waals surface area contributed by atoms with Crippen LogP contribution in [0.2, 0.25) is 0 Å². The normalized spacial score (nSPS) is 11.0. The summed E-state index contributed by atoms with van der Waals surface area (Å²) in [5.41, 5.74) is 4.27. The molecule has 0 aliphatic rings. The van der Waals surface area contributed by atoms with Gasteiger partial charge < -0.3 is 9.55 Å². The monoisotopic (exact) mass is 430 g/mol. The molecule has 5 nitrogen and oxygen atoms in total. The summed E-state index contributed by atoms with van der Waals surface area (Å²) in [7, 11) is 1.85. The Hall–Kier alpha value is -3.12. The number of carbonyl (C=O) groups is 1. The van der Waals surface area contributed by atoms with E-state index in [1.165, 1.54) is 0 Å². The summed E-state index contributed by atoms with van der Waals surface area (Å²) in [6.07, 6.45) is 6.96. The predicted octanol–water partition coefficient (Wildman–Crippen LogP) is 6.01. The number of imidazole rings is 2. The third kappa shape index (κ3) is 5.33. The SMILES string of the molecule is Cn1ccnc1C(=O)CCCCCSc1nc(-c2ccccc2)c(-c2ccccc2)[nH]1. The number of aromatic amines is 1. The number of rotatable bonds is 10. The Kier molecular flexibility index (Phi) is 6.99. The summed E-state index contributed by atoms with van der Waals surface area (Å²) in [6, 6.07) is 20.6. The second-order valence-corrected chi connectivity index (χ2v) is 8.53. The summed E-state index contributed by atoms with van der Waals surface area (Å²) in [5, 5.41) is 0.932. The summed E-state index contributed by atoms with van der Waals surface area (Å²) < 4.78 is 1.78. The van der Waals surface area contributed by atoms with Crippen molar-refractivity contribution >= 4 is 17.5 Å². The van der Waals surface area contributed by atoms with Crippen molar-refractivity contribution in [2.24, 2.45) is 7.05 Å². The molecule has 0 saturated carbocycles. The minimum absolute atomic E-state index is 0.117. The highest BCUT2D eigenvalue weighted by Crippen LogP contribution is 2.32. The van der Waals surface area contributed by atoms with Crippen molar-refractivity contribution in [3.8, 4) is 22.5 Å². The molecule has 2 aromatic carbocycles. The van der Waals surface area contributed by atoms with Gasteiger partial charge in [-0.25, -0.2) is 9.97 Å². The lowest BCUT2D eigenvalue weighted by atomic mass is 10.1. The number of H-pyrrole nitrogens is 1. The first-order valence-corrected chi connectivity index (χ1v) is 11.5. The summed E-state index contributed by atoms with van der Waals surface area (Å²) in [4.78, 5) is 24.7. The van der Waals surface area contributed by atoms with Crippen LogP contribution in [0.5, 0.6) is 0 Å². The van der Waals surface area contributed by atoms with Crippen LogP contribution in [0.15, 0.2) is 78.2 Å². The number of hydrogen-bond acceptors (Lipinski definition) is 4. The van der Waals surface area contributed by atoms with Gasteiger partial charge in [0.2, 0.25) is 0 Å². The maximum Gasteiger partial charge on any atom is 0.198 e. The number of nitrogens with one attached hydrogen (secondary N) is 1. The van der Waals surface area contributed by atoms with Gasteiger partial charge in [-0.1, -0.05) is 78.8 Å². The Morgan fingerprint density at radius 3 is 2.35 bits per heavy atom. The van der Waals surface area contributed by atoms with Gasteiger partial charge in [0, 0.05) is 42.7 Å². The van der Waals surface area contributed by atoms with Gasteiger partial charge in [-0.15, -0.1) is 0 Å². The van der Waals surface area contributed by atoms with Crippen LogP contribution in [-0.2, 0) is 7.05 Å². The molecule has 0 aliphatic carbocycles. The highest BCUT2D eigenvalue weighted by atomic mass is 32.2. The topological polar surface area (TPSA) is 63.6 Å². The van der Waals surface area contributed by atoms with Crippen molar-refractivity contribution in [1.82, 2.24) is 19.5 Å². The van der Waals surface area contributed by atoms with Crippen LogP contribution < -0.4 is 0 Å². The van der Waals surface area contributed by atoms with Gasteiger partial charge in [-0.2, -0.15) is 0 Å². The number of aromatic nitrogens is 4. The summed E-state index contributed by atoms with van der Waals surface area (Å²) >= 11 is 1.74. The van der Waals surface area contributed by atoms with Gasteiger partial charge in [0.15, 0.2) is 16.8 Å². The fraction of sp³-hybridized carbons (Fsp3) is 0.240. The average Bonchev–Trinajstić information content (AvgIpc) is 3.43. The van der Waals surface area contributed by atoms with Crippen molar-refractivity contribution in [3.05, 3.63) is 78.9 Å². The molecule has 4 aromatic rings. The maximum absolute atomic E-state index is 12.2. The number of ketones is 1. The van der Waals surface area contributed by atoms with Crippen LogP contribution in [0.1, 0.15) is 36.3 Å². The van der Waals surface area contributed by atoms with Crippen LogP contribution >= 0.6 is 11.8 Å². The minimum Gasteiger partial charge on any atom is -0.332 e. The highest BCUT2D eigenvalue weighted by Gasteiger charge is 2.14. The molecule has 31 heavy (non-hydrogen) atoms. The van der Waals surface area contributed by atoms with E-state index in [2.05, 4.69) is 34.2 Å². The Balaban J connectivity index is 1.33. The van der Waals surface area contributed by atoms with E-state index in [1.807, 2.05) is 43.4 Å². The molecule has 0 radical (unpaired) electrons. The second-order valence-electron chi connectivity index (χ2n) is 7.44. The van der Waals surface area contributed by atoms with E-state index in [9.17, 15) is 4.79 Å². The maximum atomic E-state index is 12.2. The molecule has 2 heterocycles. The minimum atomic E-state index is 0.117. The largest absolute Gasteiger partial charge is 0.332 e. The number of nitrogens with zero attached hydrogens (tertiary/aromatic N) is 3. The molecular formula is C25H26N4OS. The summed E-state index contributed by atoms with van der Waals surface area (Å²) in [5.74, 6) is 1.63. The van der Waals surface area contributed by atoms with Gasteiger partial charge in [-0.3, -0.25) is 4.79 Å². The smallest absolute Gasteiger partial charge is 0.198 e. The van der Waals surface area contributed by atoms with Gasteiger partial charge in [0.25, 0.3) is 0 Å². The van der Waals surface area contributed by atoms with E-state index in [4.69, 9.17) is 4.98 Å². The molecule has 0 bridgehead atoms. The van der Waals surface area contributed by atoms with Gasteiger partial charge in [0.05, 0.1) is 11.4 Å². The van der Waals surface area contributed by atoms with Gasteiger partial charge in [-0.05, 0) is 12.8 Å². The van der Waals surface area contributed by atoms with Crippen molar-refractivity contribution in [3.63, 3.8) is 0 Å². The van der Waals surface area contributed by atoms with Crippen molar-refractivity contribution in [2.75, 3.05) is 5.75 Å². The molecule has 0 fully saturated rings. The molecule has 0 saturated heterocycles. The number of Topliss-reactive ketones (excluding diaryl/α,β-unsaturated/α-hetero) is 1. The van der Waals surface area contributed by atoms with E-state index in [0.29, 0.717) is 12.2 Å². The molecule has 0 atom stereocenters. The van der Waals surface area contributed by atoms with E-state index >= 15 is 0 Å². The predicted molar refractivity (Wildman–Crippen MR) is 126 cm³/mol. The zero-order chi connectivity index (χ0) is 21.5. The van der Waals surface area contributed by atoms with E-state index < -0.39 is 0 Å². The molecule has 6 heteroatoms. The summed E-state index contributed by atoms with van der Waals surface area (Å²) in [6.45, 7) is 0. The zero-order valence-corrected chi connectivity index (χ0v) is 18.4. The van der Waals surface area contributed by atoms with Crippen molar-refractivity contribution in [1.29, 1.82) is 0 Å². The lowest BCUT2D eigenvalue weighted by Gasteiger charge is -2.02. The molecular weight excluding hydrogens is 404 g/mol. The Morgan fingerprint density at radius 1 is 0.968 bits per heavy atom. The lowest BCUT2D eigenvalue weighted by molar-refractivity contribution is 0.0966. The molecule has 2 aromatic heterocycles. The molecule has 4 rings (SSSR count). The molecule has 0 aliphatic heterocycles. The van der Waals surface area contributed by atoms with Crippen LogP contribution in [0.25, 0.3) is 22.5 Å². The molecule has 158 valence electrons. The fourth-order valence-electron chi connectivity index (χ4n) is 3.52. The molecule has 0 unspecified atom stereocenters.